The Bertz CT molecular complexity index is 2320. The minimum Gasteiger partial charge on any atom is -0.496 e. The second-order valence-electron chi connectivity index (χ2n) is 18.0. The maximum atomic E-state index is 15.4. The molecule has 59 heavy (non-hydrogen) atoms. The van der Waals surface area contributed by atoms with Crippen LogP contribution in [0.5, 0.6) is 5.75 Å². The van der Waals surface area contributed by atoms with Crippen molar-refractivity contribution >= 4 is 34.5 Å². The fourth-order valence-corrected chi connectivity index (χ4v) is 13.2. The number of aryl methyl sites for hydroxylation is 1. The van der Waals surface area contributed by atoms with Gasteiger partial charge in [-0.05, 0) is 80.8 Å². The number of aromatic nitrogens is 1. The van der Waals surface area contributed by atoms with E-state index >= 15 is 4.79 Å². The zero-order valence-corrected chi connectivity index (χ0v) is 35.6. The number of H-pyrrole nitrogens is 1. The molecular weight excluding hydrogens is 749 g/mol. The topological polar surface area (TPSA) is 134 Å². The van der Waals surface area contributed by atoms with E-state index < -0.39 is 45.9 Å². The summed E-state index contributed by atoms with van der Waals surface area (Å²) in [5.41, 5.74) is 2.25. The van der Waals surface area contributed by atoms with Gasteiger partial charge in [-0.25, -0.2) is 4.79 Å². The van der Waals surface area contributed by atoms with Gasteiger partial charge < -0.3 is 33.9 Å². The Hall–Kier alpha value is -4.65. The Balaban J connectivity index is 1.38. The van der Waals surface area contributed by atoms with Crippen molar-refractivity contribution in [2.75, 3.05) is 66.0 Å². The van der Waals surface area contributed by atoms with Crippen LogP contribution in [-0.2, 0) is 45.8 Å². The normalized spacial score (nSPS) is 34.4. The largest absolute Gasteiger partial charge is 0.496 e. The van der Waals surface area contributed by atoms with Crippen LogP contribution in [0.4, 0.5) is 5.69 Å². The second kappa shape index (κ2) is 14.0. The number of hydrogen-bond acceptors (Lipinski definition) is 11. The van der Waals surface area contributed by atoms with Crippen LogP contribution in [0.1, 0.15) is 74.4 Å². The summed E-state index contributed by atoms with van der Waals surface area (Å²) in [6.45, 7) is 11.5. The molecule has 6 heterocycles. The molecule has 2 bridgehead atoms. The van der Waals surface area contributed by atoms with Gasteiger partial charge in [-0.2, -0.15) is 0 Å². The van der Waals surface area contributed by atoms with E-state index in [0.717, 1.165) is 71.5 Å². The molecule has 1 saturated heterocycles. The molecular formula is C47H58N4O8. The first-order valence-electron chi connectivity index (χ1n) is 21.3. The number of methoxy groups -OCH3 is 3. The van der Waals surface area contributed by atoms with Crippen LogP contribution in [0.15, 0.2) is 54.1 Å². The molecule has 3 aromatic rings. The number of nitrogens with one attached hydrogen (secondary N) is 1. The minimum absolute atomic E-state index is 0.0187. The SMILES string of the molecule is CCC1=C[C@@H]2CN(CCc3c([nH]c4ccc(C)cc34)[C@@](C(=O)OC)(c3cc4c(cc3OC)N(C)C3[C@]45CCN4CC=C[C@@](CC)([C@@H](OC(C)=O)[C@]3(O)C(=O)OC)[C@H]45)C2)C1. The van der Waals surface area contributed by atoms with Crippen molar-refractivity contribution in [3.8, 4) is 5.75 Å². The number of esters is 3. The maximum absolute atomic E-state index is 15.4. The summed E-state index contributed by atoms with van der Waals surface area (Å²) in [7, 11) is 6.26. The lowest BCUT2D eigenvalue weighted by atomic mass is 9.47. The molecule has 5 aliphatic heterocycles. The summed E-state index contributed by atoms with van der Waals surface area (Å²) < 4.78 is 24.0. The summed E-state index contributed by atoms with van der Waals surface area (Å²) in [6, 6.07) is 9.36. The first-order chi connectivity index (χ1) is 28.3. The highest BCUT2D eigenvalue weighted by Gasteiger charge is 2.80. The highest BCUT2D eigenvalue weighted by Crippen LogP contribution is 2.68. The number of anilines is 1. The van der Waals surface area contributed by atoms with E-state index in [1.807, 2.05) is 24.9 Å². The molecule has 0 amide bonds. The fourth-order valence-electron chi connectivity index (χ4n) is 13.2. The van der Waals surface area contributed by atoms with Crippen LogP contribution in [0.2, 0.25) is 0 Å². The number of aliphatic hydroxyl groups is 1. The molecule has 2 fully saturated rings. The molecule has 1 aromatic heterocycles. The molecule has 9 rings (SSSR count). The number of carbonyl (C=O) groups is 3. The number of fused-ring (bicyclic) bond motifs is 6. The van der Waals surface area contributed by atoms with E-state index in [-0.39, 0.29) is 17.9 Å². The van der Waals surface area contributed by atoms with Crippen LogP contribution in [0.3, 0.4) is 0 Å². The number of aromatic amines is 1. The van der Waals surface area contributed by atoms with Crippen molar-refractivity contribution in [3.63, 3.8) is 0 Å². The lowest BCUT2D eigenvalue weighted by Crippen LogP contribution is -2.81. The van der Waals surface area contributed by atoms with Crippen molar-refractivity contribution in [2.24, 2.45) is 11.3 Å². The van der Waals surface area contributed by atoms with E-state index in [1.54, 1.807) is 7.11 Å². The van der Waals surface area contributed by atoms with Gasteiger partial charge in [0.25, 0.3) is 0 Å². The molecule has 9 atom stereocenters. The van der Waals surface area contributed by atoms with Gasteiger partial charge in [0.1, 0.15) is 11.2 Å². The van der Waals surface area contributed by atoms with Crippen molar-refractivity contribution in [3.05, 3.63) is 82.1 Å². The van der Waals surface area contributed by atoms with Crippen LogP contribution < -0.4 is 9.64 Å². The summed E-state index contributed by atoms with van der Waals surface area (Å²) in [4.78, 5) is 53.5. The van der Waals surface area contributed by atoms with E-state index in [4.69, 9.17) is 18.9 Å². The van der Waals surface area contributed by atoms with Crippen LogP contribution in [-0.4, -0.2) is 123 Å². The highest BCUT2D eigenvalue weighted by molar-refractivity contribution is 5.95. The summed E-state index contributed by atoms with van der Waals surface area (Å²) >= 11 is 0. The van der Waals surface area contributed by atoms with Crippen LogP contribution in [0, 0.1) is 18.3 Å². The molecule has 2 unspecified atom stereocenters. The molecule has 1 spiro atoms. The van der Waals surface area contributed by atoms with Gasteiger partial charge in [-0.3, -0.25) is 19.4 Å². The predicted octanol–water partition coefficient (Wildman–Crippen LogP) is 5.10. The number of carbonyl (C=O) groups excluding carboxylic acids is 3. The number of hydrogen-bond donors (Lipinski definition) is 2. The number of rotatable bonds is 7. The standard InChI is InChI=1S/C47H58N4O8/c1-9-29-21-30-24-46(42(53)57-7,38-31(14-18-50(25-29)26-30)32-20-27(3)12-13-35(32)48-38)34-22-33-36(23-37(34)56-6)49(5)40-45(33)16-19-51-17-11-15-44(10-2,39(45)51)41(59-28(4)52)47(40,55)43(54)58-8/h11-13,15,20-23,30,39-41,48,55H,9-10,14,16-19,24-26H2,1-8H3/t30-,39-,40?,41+,44+,45+,46-,47-/m0/s1. The van der Waals surface area contributed by atoms with Gasteiger partial charge in [0.05, 0.1) is 27.4 Å². The molecule has 1 aliphatic carbocycles. The Morgan fingerprint density at radius 1 is 1.00 bits per heavy atom. The van der Waals surface area contributed by atoms with Crippen molar-refractivity contribution in [1.29, 1.82) is 0 Å². The lowest BCUT2D eigenvalue weighted by molar-refractivity contribution is -0.228. The summed E-state index contributed by atoms with van der Waals surface area (Å²) in [6.07, 6.45) is 8.43. The average Bonchev–Trinajstić information content (AvgIpc) is 3.89. The van der Waals surface area contributed by atoms with Gasteiger partial charge in [-0.1, -0.05) is 49.3 Å². The molecule has 314 valence electrons. The van der Waals surface area contributed by atoms with Gasteiger partial charge in [-0.15, -0.1) is 0 Å². The third-order valence-corrected chi connectivity index (χ3v) is 15.3. The van der Waals surface area contributed by atoms with E-state index in [2.05, 4.69) is 71.1 Å². The predicted molar refractivity (Wildman–Crippen MR) is 224 cm³/mol. The van der Waals surface area contributed by atoms with Gasteiger partial charge in [0, 0.05) is 90.9 Å². The lowest BCUT2D eigenvalue weighted by Gasteiger charge is -2.63. The molecule has 1 saturated carbocycles. The third kappa shape index (κ3) is 5.21. The Labute approximate surface area is 346 Å². The first kappa shape index (κ1) is 39.8. The maximum Gasteiger partial charge on any atom is 0.344 e. The number of benzene rings is 2. The smallest absolute Gasteiger partial charge is 0.344 e. The molecule has 6 aliphatic rings. The van der Waals surface area contributed by atoms with Gasteiger partial charge in [0.15, 0.2) is 6.10 Å². The fraction of sp³-hybridized carbons (Fsp3) is 0.553. The van der Waals surface area contributed by atoms with Crippen molar-refractivity contribution in [2.45, 2.75) is 94.4 Å². The average molecular weight is 807 g/mol. The minimum atomic E-state index is -2.28. The summed E-state index contributed by atoms with van der Waals surface area (Å²) in [5.74, 6) is -1.31. The number of nitrogens with zero attached hydrogens (tertiary/aromatic N) is 3. The quantitative estimate of drug-likeness (QED) is 0.188. The zero-order valence-electron chi connectivity index (χ0n) is 35.6. The van der Waals surface area contributed by atoms with Crippen molar-refractivity contribution in [1.82, 2.24) is 14.8 Å². The summed E-state index contributed by atoms with van der Waals surface area (Å²) in [5, 5.41) is 14.4. The molecule has 0 radical (unpaired) electrons. The Morgan fingerprint density at radius 2 is 1.78 bits per heavy atom. The van der Waals surface area contributed by atoms with Crippen LogP contribution >= 0.6 is 0 Å². The first-order valence-corrected chi connectivity index (χ1v) is 21.3. The third-order valence-electron chi connectivity index (χ3n) is 15.3. The zero-order chi connectivity index (χ0) is 41.8. The van der Waals surface area contributed by atoms with Gasteiger partial charge in [0.2, 0.25) is 5.60 Å². The van der Waals surface area contributed by atoms with E-state index in [0.29, 0.717) is 43.7 Å². The Kier molecular flexibility index (Phi) is 9.41. The molecule has 2 N–H and O–H groups in total. The number of ether oxygens (including phenoxy) is 4. The second-order valence-corrected chi connectivity index (χ2v) is 18.0. The number of likely N-dealkylation sites (N-methyl/N-ethyl adjacent to an activating group) is 1. The molecule has 12 heteroatoms. The van der Waals surface area contributed by atoms with Gasteiger partial charge >= 0.3 is 17.9 Å². The Morgan fingerprint density at radius 3 is 2.47 bits per heavy atom. The van der Waals surface area contributed by atoms with E-state index in [1.165, 1.54) is 26.7 Å². The monoisotopic (exact) mass is 806 g/mol. The van der Waals surface area contributed by atoms with Crippen LogP contribution in [0.25, 0.3) is 10.9 Å². The van der Waals surface area contributed by atoms with E-state index in [9.17, 15) is 14.7 Å². The molecule has 12 nitrogen and oxygen atoms in total. The molecule has 2 aromatic carbocycles. The van der Waals surface area contributed by atoms with Crippen molar-refractivity contribution < 1.29 is 38.4 Å². The highest BCUT2D eigenvalue weighted by atomic mass is 16.6.